The molecule has 3 rings (SSSR count). The second-order valence-electron chi connectivity index (χ2n) is 4.70. The Morgan fingerprint density at radius 2 is 1.90 bits per heavy atom. The van der Waals surface area contributed by atoms with E-state index in [1.807, 2.05) is 41.1 Å². The third-order valence-corrected chi connectivity index (χ3v) is 3.30. The number of rotatable bonds is 4. The zero-order valence-electron chi connectivity index (χ0n) is 11.4. The predicted octanol–water partition coefficient (Wildman–Crippen LogP) is 3.42. The van der Waals surface area contributed by atoms with E-state index in [2.05, 4.69) is 16.9 Å². The number of aromatic nitrogens is 2. The van der Waals surface area contributed by atoms with E-state index in [-0.39, 0.29) is 5.88 Å². The Morgan fingerprint density at radius 1 is 1.15 bits per heavy atom. The molecule has 102 valence electrons. The summed E-state index contributed by atoms with van der Waals surface area (Å²) in [5.74, 6) is 0.247. The van der Waals surface area contributed by atoms with Crippen molar-refractivity contribution in [1.82, 2.24) is 9.66 Å². The van der Waals surface area contributed by atoms with Crippen molar-refractivity contribution < 1.29 is 5.11 Å². The number of aromatic hydroxyl groups is 1. The van der Waals surface area contributed by atoms with Gasteiger partial charge in [0.25, 0.3) is 0 Å². The molecule has 0 unspecified atom stereocenters. The molecular formula is C16H17N3O. The molecule has 0 aliphatic carbocycles. The molecule has 0 atom stereocenters. The van der Waals surface area contributed by atoms with Gasteiger partial charge in [-0.3, -0.25) is 9.99 Å². The van der Waals surface area contributed by atoms with Crippen LogP contribution in [-0.2, 0) is 0 Å². The van der Waals surface area contributed by atoms with Gasteiger partial charge >= 0.3 is 0 Å². The van der Waals surface area contributed by atoms with Crippen LogP contribution in [0.3, 0.4) is 0 Å². The Kier molecular flexibility index (Phi) is 3.29. The van der Waals surface area contributed by atoms with Gasteiger partial charge in [-0.2, -0.15) is 0 Å². The smallest absolute Gasteiger partial charge is 0.211 e. The molecule has 0 saturated carbocycles. The summed E-state index contributed by atoms with van der Waals surface area (Å²) in [4.78, 5) is 4.06. The molecule has 0 fully saturated rings. The van der Waals surface area contributed by atoms with Crippen LogP contribution in [0.4, 0.5) is 5.69 Å². The van der Waals surface area contributed by atoms with Crippen molar-refractivity contribution in [2.75, 3.05) is 11.6 Å². The summed E-state index contributed by atoms with van der Waals surface area (Å²) in [6.45, 7) is 2.94. The fourth-order valence-electron chi connectivity index (χ4n) is 2.45. The highest BCUT2D eigenvalue weighted by Gasteiger charge is 2.15. The first-order valence-corrected chi connectivity index (χ1v) is 6.78. The number of benzene rings is 1. The molecule has 2 aromatic heterocycles. The van der Waals surface area contributed by atoms with Crippen LogP contribution in [-0.4, -0.2) is 21.3 Å². The highest BCUT2D eigenvalue weighted by molar-refractivity contribution is 5.83. The molecule has 0 spiro atoms. The summed E-state index contributed by atoms with van der Waals surface area (Å²) in [6.07, 6.45) is 4.51. The molecule has 0 aliphatic heterocycles. The van der Waals surface area contributed by atoms with Crippen molar-refractivity contribution in [3.05, 3.63) is 54.9 Å². The first-order valence-electron chi connectivity index (χ1n) is 6.78. The van der Waals surface area contributed by atoms with E-state index in [1.54, 1.807) is 18.5 Å². The van der Waals surface area contributed by atoms with Gasteiger partial charge in [-0.05, 0) is 24.6 Å². The summed E-state index contributed by atoms with van der Waals surface area (Å²) >= 11 is 0. The lowest BCUT2D eigenvalue weighted by Crippen LogP contribution is -2.29. The Bertz CT molecular complexity index is 706. The minimum atomic E-state index is 0.247. The van der Waals surface area contributed by atoms with Crippen LogP contribution in [0, 0.1) is 0 Å². The van der Waals surface area contributed by atoms with E-state index in [0.717, 1.165) is 29.6 Å². The van der Waals surface area contributed by atoms with Gasteiger partial charge in [-0.25, -0.2) is 4.68 Å². The topological polar surface area (TPSA) is 41.3 Å². The van der Waals surface area contributed by atoms with Crippen LogP contribution >= 0.6 is 0 Å². The molecule has 20 heavy (non-hydrogen) atoms. The molecular weight excluding hydrogens is 250 g/mol. The lowest BCUT2D eigenvalue weighted by Gasteiger charge is -2.27. The number of anilines is 1. The fourth-order valence-corrected chi connectivity index (χ4v) is 2.45. The van der Waals surface area contributed by atoms with Crippen molar-refractivity contribution in [2.45, 2.75) is 13.3 Å². The minimum absolute atomic E-state index is 0.247. The molecule has 4 heteroatoms. The third-order valence-electron chi connectivity index (χ3n) is 3.30. The monoisotopic (exact) mass is 267 g/mol. The van der Waals surface area contributed by atoms with Crippen LogP contribution in [0.1, 0.15) is 13.3 Å². The van der Waals surface area contributed by atoms with Crippen LogP contribution in [0.15, 0.2) is 54.9 Å². The standard InChI is InChI=1S/C16H17N3O/c1-2-11-18(14-7-9-17-10-8-14)19-15-6-4-3-5-13(15)12-16(19)20/h3-10,12,20H,2,11H2,1H3. The van der Waals surface area contributed by atoms with E-state index in [9.17, 15) is 5.11 Å². The van der Waals surface area contributed by atoms with Gasteiger partial charge in [0, 0.05) is 30.4 Å². The fraction of sp³-hybridized carbons (Fsp3) is 0.188. The van der Waals surface area contributed by atoms with E-state index >= 15 is 0 Å². The molecule has 0 radical (unpaired) electrons. The zero-order chi connectivity index (χ0) is 13.9. The number of pyridine rings is 1. The van der Waals surface area contributed by atoms with Crippen LogP contribution in [0.2, 0.25) is 0 Å². The second-order valence-corrected chi connectivity index (χ2v) is 4.70. The average Bonchev–Trinajstić information content (AvgIpc) is 2.82. The SMILES string of the molecule is CCCN(c1ccncc1)n1c(O)cc2ccccc21. The van der Waals surface area contributed by atoms with Crippen LogP contribution < -0.4 is 5.01 Å². The highest BCUT2D eigenvalue weighted by atomic mass is 16.3. The number of fused-ring (bicyclic) bond motifs is 1. The first kappa shape index (κ1) is 12.5. The predicted molar refractivity (Wildman–Crippen MR) is 80.9 cm³/mol. The summed E-state index contributed by atoms with van der Waals surface area (Å²) in [5, 5.41) is 13.4. The molecule has 1 N–H and O–H groups in total. The van der Waals surface area contributed by atoms with Gasteiger partial charge in [0.15, 0.2) is 0 Å². The van der Waals surface area contributed by atoms with Gasteiger partial charge in [-0.1, -0.05) is 25.1 Å². The Balaban J connectivity index is 2.17. The van der Waals surface area contributed by atoms with Crippen molar-refractivity contribution in [2.24, 2.45) is 0 Å². The van der Waals surface area contributed by atoms with Crippen molar-refractivity contribution >= 4 is 16.6 Å². The van der Waals surface area contributed by atoms with E-state index < -0.39 is 0 Å². The summed E-state index contributed by atoms with van der Waals surface area (Å²) in [5.41, 5.74) is 2.01. The maximum absolute atomic E-state index is 10.3. The summed E-state index contributed by atoms with van der Waals surface area (Å²) in [6, 6.07) is 13.7. The van der Waals surface area contributed by atoms with Gasteiger partial charge in [0.2, 0.25) is 5.88 Å². The number of hydrogen-bond acceptors (Lipinski definition) is 3. The molecule has 0 saturated heterocycles. The largest absolute Gasteiger partial charge is 0.493 e. The maximum atomic E-state index is 10.3. The van der Waals surface area contributed by atoms with Crippen LogP contribution in [0.25, 0.3) is 10.9 Å². The molecule has 3 aromatic rings. The zero-order valence-corrected chi connectivity index (χ0v) is 11.4. The van der Waals surface area contributed by atoms with Gasteiger partial charge in [0.1, 0.15) is 0 Å². The van der Waals surface area contributed by atoms with E-state index in [1.165, 1.54) is 0 Å². The number of para-hydroxylation sites is 1. The molecule has 0 aliphatic rings. The lowest BCUT2D eigenvalue weighted by molar-refractivity contribution is 0.422. The van der Waals surface area contributed by atoms with Crippen molar-refractivity contribution in [1.29, 1.82) is 0 Å². The van der Waals surface area contributed by atoms with Gasteiger partial charge in [0.05, 0.1) is 11.2 Å². The molecule has 2 heterocycles. The Morgan fingerprint density at radius 3 is 2.65 bits per heavy atom. The minimum Gasteiger partial charge on any atom is -0.493 e. The number of hydrogen-bond donors (Lipinski definition) is 1. The Hall–Kier alpha value is -2.49. The summed E-state index contributed by atoms with van der Waals surface area (Å²) < 4.78 is 1.86. The molecule has 1 aromatic carbocycles. The summed E-state index contributed by atoms with van der Waals surface area (Å²) in [7, 11) is 0. The van der Waals surface area contributed by atoms with E-state index in [4.69, 9.17) is 0 Å². The van der Waals surface area contributed by atoms with Gasteiger partial charge in [-0.15, -0.1) is 0 Å². The van der Waals surface area contributed by atoms with Crippen molar-refractivity contribution in [3.63, 3.8) is 0 Å². The Labute approximate surface area is 117 Å². The third kappa shape index (κ3) is 2.09. The number of nitrogens with zero attached hydrogens (tertiary/aromatic N) is 3. The van der Waals surface area contributed by atoms with Gasteiger partial charge < -0.3 is 5.11 Å². The molecule has 0 amide bonds. The van der Waals surface area contributed by atoms with Crippen molar-refractivity contribution in [3.8, 4) is 5.88 Å². The maximum Gasteiger partial charge on any atom is 0.211 e. The highest BCUT2D eigenvalue weighted by Crippen LogP contribution is 2.28. The average molecular weight is 267 g/mol. The lowest BCUT2D eigenvalue weighted by atomic mass is 10.2. The first-order chi connectivity index (χ1) is 9.81. The molecule has 4 nitrogen and oxygen atoms in total. The molecule has 0 bridgehead atoms. The quantitative estimate of drug-likeness (QED) is 0.787. The normalized spacial score (nSPS) is 10.8. The van der Waals surface area contributed by atoms with E-state index in [0.29, 0.717) is 0 Å². The van der Waals surface area contributed by atoms with Crippen LogP contribution in [0.5, 0.6) is 5.88 Å². The second kappa shape index (κ2) is 5.25.